The Labute approximate surface area is 105 Å². The molecular formula is C14H14O2S. The van der Waals surface area contributed by atoms with Gasteiger partial charge in [0.2, 0.25) is 5.12 Å². The highest BCUT2D eigenvalue weighted by Crippen LogP contribution is 2.43. The Bertz CT molecular complexity index is 502. The molecule has 88 valence electrons. The molecule has 0 radical (unpaired) electrons. The van der Waals surface area contributed by atoms with Gasteiger partial charge in [-0.05, 0) is 19.4 Å². The molecule has 3 heteroatoms. The van der Waals surface area contributed by atoms with Crippen LogP contribution < -0.4 is 0 Å². The minimum atomic E-state index is -0.628. The number of thioether (sulfide) groups is 1. The minimum absolute atomic E-state index is 0.0530. The summed E-state index contributed by atoms with van der Waals surface area (Å²) >= 11 is 1.15. The summed E-state index contributed by atoms with van der Waals surface area (Å²) in [4.78, 5) is 11.5. The molecule has 1 aromatic rings. The maximum atomic E-state index is 11.5. The third-order valence-corrected chi connectivity index (χ3v) is 4.07. The first kappa shape index (κ1) is 12.0. The van der Waals surface area contributed by atoms with Gasteiger partial charge in [-0.25, -0.2) is 0 Å². The molecule has 1 aliphatic heterocycles. The molecule has 0 aliphatic carbocycles. The highest BCUT2D eigenvalue weighted by Gasteiger charge is 2.39. The molecule has 1 aliphatic rings. The zero-order valence-corrected chi connectivity index (χ0v) is 10.6. The molecule has 0 spiro atoms. The van der Waals surface area contributed by atoms with Gasteiger partial charge in [0.05, 0.1) is 4.75 Å². The van der Waals surface area contributed by atoms with Crippen molar-refractivity contribution in [3.63, 3.8) is 0 Å². The molecule has 0 amide bonds. The van der Waals surface area contributed by atoms with Crippen LogP contribution in [-0.2, 0) is 4.79 Å². The summed E-state index contributed by atoms with van der Waals surface area (Å²) in [5.74, 6) is 0.166. The van der Waals surface area contributed by atoms with Gasteiger partial charge in [0, 0.05) is 5.57 Å². The van der Waals surface area contributed by atoms with E-state index in [4.69, 9.17) is 0 Å². The SMILES string of the molecule is CC1=C(O)[C@@](C)(C=Cc2ccccc2)SC1=O. The van der Waals surface area contributed by atoms with Gasteiger partial charge in [-0.15, -0.1) is 0 Å². The second-order valence-electron chi connectivity index (χ2n) is 4.21. The van der Waals surface area contributed by atoms with Gasteiger partial charge < -0.3 is 5.11 Å². The summed E-state index contributed by atoms with van der Waals surface area (Å²) in [6.07, 6.45) is 3.80. The van der Waals surface area contributed by atoms with E-state index in [1.807, 2.05) is 49.4 Å². The molecule has 0 saturated heterocycles. The second-order valence-corrected chi connectivity index (χ2v) is 5.64. The summed E-state index contributed by atoms with van der Waals surface area (Å²) in [7, 11) is 0. The van der Waals surface area contributed by atoms with E-state index in [1.165, 1.54) is 0 Å². The second kappa shape index (κ2) is 4.41. The predicted octanol–water partition coefficient (Wildman–Crippen LogP) is 3.56. The van der Waals surface area contributed by atoms with Crippen molar-refractivity contribution < 1.29 is 9.90 Å². The molecular weight excluding hydrogens is 232 g/mol. The molecule has 0 bridgehead atoms. The van der Waals surface area contributed by atoms with E-state index in [9.17, 15) is 9.90 Å². The van der Waals surface area contributed by atoms with E-state index in [0.29, 0.717) is 5.57 Å². The molecule has 0 aromatic heterocycles. The zero-order valence-electron chi connectivity index (χ0n) is 9.81. The molecule has 1 atom stereocenters. The monoisotopic (exact) mass is 246 g/mol. The lowest BCUT2D eigenvalue weighted by molar-refractivity contribution is -0.107. The highest BCUT2D eigenvalue weighted by atomic mass is 32.2. The molecule has 1 heterocycles. The largest absolute Gasteiger partial charge is 0.510 e. The van der Waals surface area contributed by atoms with Crippen LogP contribution in [-0.4, -0.2) is 15.0 Å². The molecule has 0 unspecified atom stereocenters. The number of aliphatic hydroxyl groups excluding tert-OH is 1. The Morgan fingerprint density at radius 2 is 1.94 bits per heavy atom. The smallest absolute Gasteiger partial charge is 0.219 e. The van der Waals surface area contributed by atoms with Crippen LogP contribution in [0.15, 0.2) is 47.7 Å². The number of carbonyl (C=O) groups excluding carboxylic acids is 1. The van der Waals surface area contributed by atoms with Crippen molar-refractivity contribution in [1.82, 2.24) is 0 Å². The predicted molar refractivity (Wildman–Crippen MR) is 71.8 cm³/mol. The van der Waals surface area contributed by atoms with E-state index < -0.39 is 4.75 Å². The third-order valence-electron chi connectivity index (χ3n) is 2.83. The summed E-state index contributed by atoms with van der Waals surface area (Å²) in [6, 6.07) is 9.82. The highest BCUT2D eigenvalue weighted by molar-refractivity contribution is 8.16. The van der Waals surface area contributed by atoms with Gasteiger partial charge in [-0.2, -0.15) is 0 Å². The van der Waals surface area contributed by atoms with E-state index in [2.05, 4.69) is 0 Å². The molecule has 2 rings (SSSR count). The Morgan fingerprint density at radius 1 is 1.29 bits per heavy atom. The van der Waals surface area contributed by atoms with Gasteiger partial charge >= 0.3 is 0 Å². The summed E-state index contributed by atoms with van der Waals surface area (Å²) in [6.45, 7) is 3.51. The van der Waals surface area contributed by atoms with E-state index in [-0.39, 0.29) is 10.9 Å². The van der Waals surface area contributed by atoms with Crippen molar-refractivity contribution in [2.24, 2.45) is 0 Å². The molecule has 1 aromatic carbocycles. The average Bonchev–Trinajstić information content (AvgIpc) is 2.53. The average molecular weight is 246 g/mol. The minimum Gasteiger partial charge on any atom is -0.510 e. The van der Waals surface area contributed by atoms with Crippen molar-refractivity contribution in [3.8, 4) is 0 Å². The Morgan fingerprint density at radius 3 is 2.47 bits per heavy atom. The van der Waals surface area contributed by atoms with Crippen molar-refractivity contribution in [1.29, 1.82) is 0 Å². The van der Waals surface area contributed by atoms with Crippen LogP contribution in [0.25, 0.3) is 6.08 Å². The topological polar surface area (TPSA) is 37.3 Å². The van der Waals surface area contributed by atoms with E-state index in [0.717, 1.165) is 17.3 Å². The number of rotatable bonds is 2. The lowest BCUT2D eigenvalue weighted by Crippen LogP contribution is -2.16. The Kier molecular flexibility index (Phi) is 3.11. The Hall–Kier alpha value is -1.48. The zero-order chi connectivity index (χ0) is 12.5. The normalized spacial score (nSPS) is 24.9. The molecule has 2 nitrogen and oxygen atoms in total. The Balaban J connectivity index is 2.26. The van der Waals surface area contributed by atoms with Gasteiger partial charge in [-0.1, -0.05) is 54.2 Å². The van der Waals surface area contributed by atoms with E-state index in [1.54, 1.807) is 6.92 Å². The fourth-order valence-electron chi connectivity index (χ4n) is 1.72. The first-order valence-corrected chi connectivity index (χ1v) is 6.22. The van der Waals surface area contributed by atoms with Crippen LogP contribution in [0, 0.1) is 0 Å². The molecule has 17 heavy (non-hydrogen) atoms. The third kappa shape index (κ3) is 2.29. The summed E-state index contributed by atoms with van der Waals surface area (Å²) in [5.41, 5.74) is 1.51. The van der Waals surface area contributed by atoms with Crippen LogP contribution in [0.3, 0.4) is 0 Å². The molecule has 0 fully saturated rings. The molecule has 0 saturated carbocycles. The van der Waals surface area contributed by atoms with E-state index >= 15 is 0 Å². The first-order chi connectivity index (χ1) is 8.03. The van der Waals surface area contributed by atoms with Crippen LogP contribution >= 0.6 is 11.8 Å². The first-order valence-electron chi connectivity index (χ1n) is 5.41. The maximum absolute atomic E-state index is 11.5. The standard InChI is InChI=1S/C14H14O2S/c1-10-12(15)14(2,17-13(10)16)9-8-11-6-4-3-5-7-11/h3-9,15H,1-2H3/t14-/m1/s1. The van der Waals surface area contributed by atoms with Crippen molar-refractivity contribution in [3.05, 3.63) is 53.3 Å². The fraction of sp³-hybridized carbons (Fsp3) is 0.214. The lowest BCUT2D eigenvalue weighted by atomic mass is 10.0. The number of carbonyl (C=O) groups is 1. The summed E-state index contributed by atoms with van der Waals surface area (Å²) in [5, 5.41) is 9.90. The molecule has 1 N–H and O–H groups in total. The van der Waals surface area contributed by atoms with Gasteiger partial charge in [-0.3, -0.25) is 4.79 Å². The number of hydrogen-bond donors (Lipinski definition) is 1. The summed E-state index contributed by atoms with van der Waals surface area (Å²) < 4.78 is -0.628. The van der Waals surface area contributed by atoms with Crippen LogP contribution in [0.1, 0.15) is 19.4 Å². The maximum Gasteiger partial charge on any atom is 0.219 e. The van der Waals surface area contributed by atoms with Crippen molar-refractivity contribution in [2.45, 2.75) is 18.6 Å². The van der Waals surface area contributed by atoms with Crippen LogP contribution in [0.5, 0.6) is 0 Å². The number of benzene rings is 1. The quantitative estimate of drug-likeness (QED) is 0.867. The lowest BCUT2D eigenvalue weighted by Gasteiger charge is -2.17. The van der Waals surface area contributed by atoms with Crippen LogP contribution in [0.2, 0.25) is 0 Å². The fourth-order valence-corrected chi connectivity index (χ4v) is 2.74. The van der Waals surface area contributed by atoms with Gasteiger partial charge in [0.15, 0.2) is 0 Å². The number of aliphatic hydroxyl groups is 1. The number of hydrogen-bond acceptors (Lipinski definition) is 3. The van der Waals surface area contributed by atoms with Gasteiger partial charge in [0.1, 0.15) is 5.76 Å². The van der Waals surface area contributed by atoms with Crippen LogP contribution in [0.4, 0.5) is 0 Å². The van der Waals surface area contributed by atoms with Gasteiger partial charge in [0.25, 0.3) is 0 Å². The van der Waals surface area contributed by atoms with Crippen molar-refractivity contribution in [2.75, 3.05) is 0 Å². The van der Waals surface area contributed by atoms with Crippen molar-refractivity contribution >= 4 is 23.0 Å².